The van der Waals surface area contributed by atoms with Crippen molar-refractivity contribution in [1.82, 2.24) is 10.1 Å². The van der Waals surface area contributed by atoms with Crippen LogP contribution >= 0.6 is 0 Å². The molecule has 0 aromatic carbocycles. The summed E-state index contributed by atoms with van der Waals surface area (Å²) < 4.78 is 4.95. The van der Waals surface area contributed by atoms with Crippen LogP contribution in [0.4, 0.5) is 0 Å². The molecule has 6 nitrogen and oxygen atoms in total. The average Bonchev–Trinajstić information content (AvgIpc) is 2.96. The summed E-state index contributed by atoms with van der Waals surface area (Å²) in [5.74, 6) is -0.746. The van der Waals surface area contributed by atoms with E-state index in [9.17, 15) is 9.59 Å². The molecule has 0 saturated carbocycles. The van der Waals surface area contributed by atoms with Gasteiger partial charge in [-0.2, -0.15) is 0 Å². The molecule has 1 aromatic heterocycles. The van der Waals surface area contributed by atoms with Crippen LogP contribution in [0, 0.1) is 0 Å². The largest absolute Gasteiger partial charge is 0.480 e. The van der Waals surface area contributed by atoms with Crippen LogP contribution in [0.25, 0.3) is 0 Å². The van der Waals surface area contributed by atoms with Crippen LogP contribution < -0.4 is 0 Å². The minimum absolute atomic E-state index is 0.298. The van der Waals surface area contributed by atoms with Gasteiger partial charge in [0.2, 0.25) is 0 Å². The molecule has 1 fully saturated rings. The summed E-state index contributed by atoms with van der Waals surface area (Å²) in [6, 6.07) is -0.720. The molecule has 1 N–H and O–H groups in total. The number of carbonyl (C=O) groups is 2. The first-order valence-electron chi connectivity index (χ1n) is 5.62. The standard InChI is InChI=1S/C11H14N2O4/c1-2-9-7(6-12-17-9)10(14)13-5-3-4-8(13)11(15)16/h6,8H,2-5H2,1H3,(H,15,16)/t8-/m0/s1. The lowest BCUT2D eigenvalue weighted by Crippen LogP contribution is -2.40. The van der Waals surface area contributed by atoms with Gasteiger partial charge in [-0.15, -0.1) is 0 Å². The highest BCUT2D eigenvalue weighted by atomic mass is 16.5. The van der Waals surface area contributed by atoms with E-state index in [0.29, 0.717) is 30.7 Å². The molecule has 0 bridgehead atoms. The number of hydrogen-bond donors (Lipinski definition) is 1. The average molecular weight is 238 g/mol. The summed E-state index contributed by atoms with van der Waals surface area (Å²) in [6.07, 6.45) is 3.15. The van der Waals surface area contributed by atoms with E-state index in [1.165, 1.54) is 11.1 Å². The van der Waals surface area contributed by atoms with E-state index in [2.05, 4.69) is 5.16 Å². The Labute approximate surface area is 98.2 Å². The van der Waals surface area contributed by atoms with Gasteiger partial charge >= 0.3 is 5.97 Å². The van der Waals surface area contributed by atoms with E-state index < -0.39 is 12.0 Å². The molecule has 1 saturated heterocycles. The van der Waals surface area contributed by atoms with E-state index in [1.807, 2.05) is 6.92 Å². The Bertz CT molecular complexity index is 440. The number of aryl methyl sites for hydroxylation is 1. The Morgan fingerprint density at radius 1 is 1.65 bits per heavy atom. The number of aromatic nitrogens is 1. The Hall–Kier alpha value is -1.85. The number of carbonyl (C=O) groups excluding carboxylic acids is 1. The summed E-state index contributed by atoms with van der Waals surface area (Å²) in [5.41, 5.74) is 0.376. The lowest BCUT2D eigenvalue weighted by molar-refractivity contribution is -0.141. The number of aliphatic carboxylic acids is 1. The predicted molar refractivity (Wildman–Crippen MR) is 57.6 cm³/mol. The van der Waals surface area contributed by atoms with Crippen LogP contribution in [0.1, 0.15) is 35.9 Å². The third-order valence-corrected chi connectivity index (χ3v) is 3.00. The van der Waals surface area contributed by atoms with E-state index in [0.717, 1.165) is 6.42 Å². The Kier molecular flexibility index (Phi) is 3.12. The molecule has 0 aliphatic carbocycles. The van der Waals surface area contributed by atoms with Gasteiger partial charge in [-0.1, -0.05) is 12.1 Å². The first-order chi connectivity index (χ1) is 8.15. The van der Waals surface area contributed by atoms with Crippen molar-refractivity contribution < 1.29 is 19.2 Å². The van der Waals surface area contributed by atoms with Gasteiger partial charge in [-0.05, 0) is 12.8 Å². The van der Waals surface area contributed by atoms with Crippen molar-refractivity contribution in [3.8, 4) is 0 Å². The van der Waals surface area contributed by atoms with Crippen LogP contribution in [0.15, 0.2) is 10.7 Å². The van der Waals surface area contributed by atoms with E-state index in [-0.39, 0.29) is 5.91 Å². The number of hydrogen-bond acceptors (Lipinski definition) is 4. The minimum atomic E-state index is -0.953. The smallest absolute Gasteiger partial charge is 0.326 e. The molecule has 92 valence electrons. The molecule has 6 heteroatoms. The zero-order valence-electron chi connectivity index (χ0n) is 9.55. The van der Waals surface area contributed by atoms with E-state index in [4.69, 9.17) is 9.63 Å². The topological polar surface area (TPSA) is 83.6 Å². The third-order valence-electron chi connectivity index (χ3n) is 3.00. The predicted octanol–water partition coefficient (Wildman–Crippen LogP) is 0.926. The molecular formula is C11H14N2O4. The lowest BCUT2D eigenvalue weighted by atomic mass is 10.1. The fourth-order valence-electron chi connectivity index (χ4n) is 2.11. The second-order valence-electron chi connectivity index (χ2n) is 4.01. The summed E-state index contributed by atoms with van der Waals surface area (Å²) >= 11 is 0. The number of likely N-dealkylation sites (tertiary alicyclic amines) is 1. The van der Waals surface area contributed by atoms with Crippen molar-refractivity contribution in [2.45, 2.75) is 32.2 Å². The molecule has 1 aliphatic heterocycles. The Morgan fingerprint density at radius 2 is 2.41 bits per heavy atom. The molecule has 0 radical (unpaired) electrons. The third kappa shape index (κ3) is 2.02. The van der Waals surface area contributed by atoms with Gasteiger partial charge in [0.25, 0.3) is 5.91 Å². The first kappa shape index (κ1) is 11.6. The second kappa shape index (κ2) is 4.57. The summed E-state index contributed by atoms with van der Waals surface area (Å²) in [7, 11) is 0. The monoisotopic (exact) mass is 238 g/mol. The van der Waals surface area contributed by atoms with Gasteiger partial charge in [0.15, 0.2) is 0 Å². The first-order valence-corrected chi connectivity index (χ1v) is 5.62. The van der Waals surface area contributed by atoms with Crippen LogP contribution in [-0.4, -0.2) is 39.6 Å². The number of rotatable bonds is 3. The maximum atomic E-state index is 12.2. The quantitative estimate of drug-likeness (QED) is 0.846. The maximum Gasteiger partial charge on any atom is 0.326 e. The normalized spacial score (nSPS) is 19.6. The molecule has 1 aromatic rings. The number of nitrogens with zero attached hydrogens (tertiary/aromatic N) is 2. The minimum Gasteiger partial charge on any atom is -0.480 e. The summed E-state index contributed by atoms with van der Waals surface area (Å²) in [6.45, 7) is 2.33. The van der Waals surface area contributed by atoms with Gasteiger partial charge < -0.3 is 14.5 Å². The van der Waals surface area contributed by atoms with E-state index in [1.54, 1.807) is 0 Å². The lowest BCUT2D eigenvalue weighted by Gasteiger charge is -2.20. The molecular weight excluding hydrogens is 224 g/mol. The zero-order valence-corrected chi connectivity index (χ0v) is 9.55. The Balaban J connectivity index is 2.23. The Morgan fingerprint density at radius 3 is 3.06 bits per heavy atom. The number of amides is 1. The molecule has 0 spiro atoms. The van der Waals surface area contributed by atoms with Crippen molar-refractivity contribution in [2.75, 3.05) is 6.54 Å². The van der Waals surface area contributed by atoms with Crippen molar-refractivity contribution in [1.29, 1.82) is 0 Å². The highest BCUT2D eigenvalue weighted by molar-refractivity contribution is 5.97. The van der Waals surface area contributed by atoms with Crippen LogP contribution in [-0.2, 0) is 11.2 Å². The van der Waals surface area contributed by atoms with Crippen molar-refractivity contribution in [2.24, 2.45) is 0 Å². The van der Waals surface area contributed by atoms with Gasteiger partial charge in [-0.25, -0.2) is 4.79 Å². The van der Waals surface area contributed by atoms with Crippen molar-refractivity contribution in [3.05, 3.63) is 17.5 Å². The van der Waals surface area contributed by atoms with Crippen molar-refractivity contribution >= 4 is 11.9 Å². The maximum absolute atomic E-state index is 12.2. The highest BCUT2D eigenvalue weighted by Crippen LogP contribution is 2.21. The van der Waals surface area contributed by atoms with E-state index >= 15 is 0 Å². The molecule has 2 rings (SSSR count). The molecule has 1 amide bonds. The van der Waals surface area contributed by atoms with Crippen molar-refractivity contribution in [3.63, 3.8) is 0 Å². The molecule has 1 atom stereocenters. The van der Waals surface area contributed by atoms with Gasteiger partial charge in [0, 0.05) is 13.0 Å². The highest BCUT2D eigenvalue weighted by Gasteiger charge is 2.35. The zero-order chi connectivity index (χ0) is 12.4. The molecule has 1 aliphatic rings. The second-order valence-corrected chi connectivity index (χ2v) is 4.01. The van der Waals surface area contributed by atoms with Gasteiger partial charge in [0.05, 0.1) is 6.20 Å². The SMILES string of the molecule is CCc1oncc1C(=O)N1CCC[C@H]1C(=O)O. The van der Waals surface area contributed by atoms with Crippen LogP contribution in [0.2, 0.25) is 0 Å². The van der Waals surface area contributed by atoms with Gasteiger partial charge in [-0.3, -0.25) is 4.79 Å². The molecule has 0 unspecified atom stereocenters. The fraction of sp³-hybridized carbons (Fsp3) is 0.545. The molecule has 2 heterocycles. The van der Waals surface area contributed by atoms with Crippen LogP contribution in [0.3, 0.4) is 0 Å². The summed E-state index contributed by atoms with van der Waals surface area (Å²) in [5, 5.41) is 12.6. The van der Waals surface area contributed by atoms with Crippen LogP contribution in [0.5, 0.6) is 0 Å². The number of carboxylic acids is 1. The fourth-order valence-corrected chi connectivity index (χ4v) is 2.11. The number of carboxylic acid groups (broad SMARTS) is 1. The van der Waals surface area contributed by atoms with Gasteiger partial charge in [0.1, 0.15) is 17.4 Å². The summed E-state index contributed by atoms with van der Waals surface area (Å²) in [4.78, 5) is 24.6. The molecule has 17 heavy (non-hydrogen) atoms.